The molecule has 0 fully saturated rings. The van der Waals surface area contributed by atoms with Gasteiger partial charge in [-0.1, -0.05) is 37.3 Å². The molecule has 1 N–H and O–H groups in total. The highest BCUT2D eigenvalue weighted by Crippen LogP contribution is 2.33. The van der Waals surface area contributed by atoms with Crippen molar-refractivity contribution in [2.75, 3.05) is 7.05 Å². The largest absolute Gasteiger partial charge is 0.311 e. The third-order valence-electron chi connectivity index (χ3n) is 3.37. The van der Waals surface area contributed by atoms with Crippen LogP contribution in [0.15, 0.2) is 41.0 Å². The average Bonchev–Trinajstić information content (AvgIpc) is 2.72. The van der Waals surface area contributed by atoms with Gasteiger partial charge in [-0.15, -0.1) is 0 Å². The molecule has 1 heterocycles. The summed E-state index contributed by atoms with van der Waals surface area (Å²) in [7, 11) is 3.96. The zero-order valence-electron chi connectivity index (χ0n) is 10.9. The van der Waals surface area contributed by atoms with Crippen LogP contribution in [-0.4, -0.2) is 16.8 Å². The van der Waals surface area contributed by atoms with E-state index in [1.54, 1.807) is 0 Å². The van der Waals surface area contributed by atoms with Crippen molar-refractivity contribution in [1.29, 1.82) is 0 Å². The highest BCUT2D eigenvalue weighted by Gasteiger charge is 2.24. The number of benzene rings is 1. The zero-order chi connectivity index (χ0) is 13.1. The van der Waals surface area contributed by atoms with Crippen LogP contribution < -0.4 is 5.32 Å². The molecular formula is C14H18BrN3. The summed E-state index contributed by atoms with van der Waals surface area (Å²) in [6, 6.07) is 10.8. The SMILES string of the molecule is CNC(c1c(Br)cnn1C)C(C)c1ccccc1. The summed E-state index contributed by atoms with van der Waals surface area (Å²) < 4.78 is 2.97. The van der Waals surface area contributed by atoms with Crippen LogP contribution in [0, 0.1) is 0 Å². The van der Waals surface area contributed by atoms with Gasteiger partial charge in [0, 0.05) is 13.0 Å². The Hall–Kier alpha value is -1.13. The highest BCUT2D eigenvalue weighted by molar-refractivity contribution is 9.10. The van der Waals surface area contributed by atoms with E-state index in [9.17, 15) is 0 Å². The first-order valence-corrected chi connectivity index (χ1v) is 6.84. The van der Waals surface area contributed by atoms with E-state index >= 15 is 0 Å². The van der Waals surface area contributed by atoms with Crippen molar-refractivity contribution in [2.45, 2.75) is 18.9 Å². The third-order valence-corrected chi connectivity index (χ3v) is 3.98. The number of hydrogen-bond acceptors (Lipinski definition) is 2. The molecule has 0 radical (unpaired) electrons. The molecule has 0 spiro atoms. The van der Waals surface area contributed by atoms with Gasteiger partial charge < -0.3 is 5.32 Å². The van der Waals surface area contributed by atoms with E-state index in [-0.39, 0.29) is 6.04 Å². The molecule has 2 aromatic rings. The number of aryl methyl sites for hydroxylation is 1. The molecule has 2 rings (SSSR count). The number of halogens is 1. The topological polar surface area (TPSA) is 29.9 Å². The first-order valence-electron chi connectivity index (χ1n) is 6.04. The van der Waals surface area contributed by atoms with Crippen molar-refractivity contribution < 1.29 is 0 Å². The summed E-state index contributed by atoms with van der Waals surface area (Å²) in [6.45, 7) is 2.23. The predicted octanol–water partition coefficient (Wildman–Crippen LogP) is 3.25. The lowest BCUT2D eigenvalue weighted by molar-refractivity contribution is 0.471. The Morgan fingerprint density at radius 2 is 1.94 bits per heavy atom. The second-order valence-electron chi connectivity index (χ2n) is 4.47. The van der Waals surface area contributed by atoms with Crippen LogP contribution in [-0.2, 0) is 7.05 Å². The maximum atomic E-state index is 4.29. The summed E-state index contributed by atoms with van der Waals surface area (Å²) in [6.07, 6.45) is 1.84. The van der Waals surface area contributed by atoms with Gasteiger partial charge in [-0.2, -0.15) is 5.10 Å². The number of aromatic nitrogens is 2. The number of rotatable bonds is 4. The fourth-order valence-corrected chi connectivity index (χ4v) is 2.94. The quantitative estimate of drug-likeness (QED) is 0.939. The number of nitrogens with zero attached hydrogens (tertiary/aromatic N) is 2. The summed E-state index contributed by atoms with van der Waals surface area (Å²) in [5, 5.41) is 7.68. The minimum absolute atomic E-state index is 0.231. The van der Waals surface area contributed by atoms with Crippen LogP contribution in [0.4, 0.5) is 0 Å². The van der Waals surface area contributed by atoms with E-state index in [1.807, 2.05) is 31.0 Å². The van der Waals surface area contributed by atoms with E-state index in [4.69, 9.17) is 0 Å². The fourth-order valence-electron chi connectivity index (χ4n) is 2.34. The van der Waals surface area contributed by atoms with E-state index in [1.165, 1.54) is 11.3 Å². The zero-order valence-corrected chi connectivity index (χ0v) is 12.5. The van der Waals surface area contributed by atoms with Gasteiger partial charge in [-0.05, 0) is 28.5 Å². The van der Waals surface area contributed by atoms with Gasteiger partial charge in [-0.3, -0.25) is 4.68 Å². The Labute approximate surface area is 116 Å². The van der Waals surface area contributed by atoms with Gasteiger partial charge >= 0.3 is 0 Å². The summed E-state index contributed by atoms with van der Waals surface area (Å²) in [4.78, 5) is 0. The number of hydrogen-bond donors (Lipinski definition) is 1. The Kier molecular flexibility index (Phi) is 4.19. The van der Waals surface area contributed by atoms with Crippen LogP contribution in [0.1, 0.15) is 30.1 Å². The van der Waals surface area contributed by atoms with Crippen molar-refractivity contribution >= 4 is 15.9 Å². The second-order valence-corrected chi connectivity index (χ2v) is 5.32. The van der Waals surface area contributed by atoms with Crippen molar-refractivity contribution in [3.63, 3.8) is 0 Å². The molecule has 2 atom stereocenters. The molecule has 0 aliphatic rings. The number of likely N-dealkylation sites (N-methyl/N-ethyl adjacent to an activating group) is 1. The standard InChI is InChI=1S/C14H18BrN3/c1-10(11-7-5-4-6-8-11)13(16-2)14-12(15)9-17-18(14)3/h4-10,13,16H,1-3H3. The lowest BCUT2D eigenvalue weighted by atomic mass is 9.91. The Morgan fingerprint density at radius 1 is 1.28 bits per heavy atom. The van der Waals surface area contributed by atoms with Crippen LogP contribution in [0.3, 0.4) is 0 Å². The van der Waals surface area contributed by atoms with Crippen molar-refractivity contribution in [1.82, 2.24) is 15.1 Å². The van der Waals surface area contributed by atoms with Crippen molar-refractivity contribution in [2.24, 2.45) is 7.05 Å². The highest BCUT2D eigenvalue weighted by atomic mass is 79.9. The lowest BCUT2D eigenvalue weighted by Crippen LogP contribution is -2.25. The van der Waals surface area contributed by atoms with Crippen LogP contribution in [0.5, 0.6) is 0 Å². The first-order chi connectivity index (χ1) is 8.65. The molecular weight excluding hydrogens is 290 g/mol. The van der Waals surface area contributed by atoms with Gasteiger partial charge in [0.15, 0.2) is 0 Å². The van der Waals surface area contributed by atoms with E-state index in [0.717, 1.165) is 4.47 Å². The summed E-state index contributed by atoms with van der Waals surface area (Å²) in [5.41, 5.74) is 2.50. The number of nitrogens with one attached hydrogen (secondary N) is 1. The fraction of sp³-hybridized carbons (Fsp3) is 0.357. The molecule has 0 saturated heterocycles. The Morgan fingerprint density at radius 3 is 2.44 bits per heavy atom. The summed E-state index contributed by atoms with van der Waals surface area (Å²) >= 11 is 3.58. The molecule has 0 bridgehead atoms. The molecule has 0 saturated carbocycles. The smallest absolute Gasteiger partial charge is 0.0698 e. The first kappa shape index (κ1) is 13.3. The van der Waals surface area contributed by atoms with Gasteiger partial charge in [0.2, 0.25) is 0 Å². The van der Waals surface area contributed by atoms with Gasteiger partial charge in [0.05, 0.1) is 22.4 Å². The van der Waals surface area contributed by atoms with Crippen LogP contribution >= 0.6 is 15.9 Å². The Bertz CT molecular complexity index is 488. The minimum Gasteiger partial charge on any atom is -0.311 e. The van der Waals surface area contributed by atoms with Gasteiger partial charge in [-0.25, -0.2) is 0 Å². The van der Waals surface area contributed by atoms with Gasteiger partial charge in [0.1, 0.15) is 0 Å². The van der Waals surface area contributed by atoms with E-state index < -0.39 is 0 Å². The van der Waals surface area contributed by atoms with Crippen molar-refractivity contribution in [3.05, 3.63) is 52.3 Å². The normalized spacial score (nSPS) is 14.4. The molecule has 2 unspecified atom stereocenters. The molecule has 0 aliphatic heterocycles. The molecule has 3 nitrogen and oxygen atoms in total. The molecule has 0 amide bonds. The molecule has 0 aliphatic carbocycles. The third kappa shape index (κ3) is 2.49. The monoisotopic (exact) mass is 307 g/mol. The van der Waals surface area contributed by atoms with E-state index in [2.05, 4.69) is 57.5 Å². The van der Waals surface area contributed by atoms with E-state index in [0.29, 0.717) is 5.92 Å². The average molecular weight is 308 g/mol. The van der Waals surface area contributed by atoms with Crippen molar-refractivity contribution in [3.8, 4) is 0 Å². The van der Waals surface area contributed by atoms with Crippen LogP contribution in [0.25, 0.3) is 0 Å². The molecule has 4 heteroatoms. The molecule has 1 aromatic carbocycles. The maximum absolute atomic E-state index is 4.29. The maximum Gasteiger partial charge on any atom is 0.0698 e. The summed E-state index contributed by atoms with van der Waals surface area (Å²) in [5.74, 6) is 0.378. The minimum atomic E-state index is 0.231. The van der Waals surface area contributed by atoms with Gasteiger partial charge in [0.25, 0.3) is 0 Å². The second kappa shape index (κ2) is 5.67. The molecule has 96 valence electrons. The molecule has 1 aromatic heterocycles. The molecule has 18 heavy (non-hydrogen) atoms. The van der Waals surface area contributed by atoms with Crippen LogP contribution in [0.2, 0.25) is 0 Å². The Balaban J connectivity index is 2.35. The lowest BCUT2D eigenvalue weighted by Gasteiger charge is -2.24. The predicted molar refractivity (Wildman–Crippen MR) is 77.6 cm³/mol.